The maximum absolute atomic E-state index is 13.5. The molecule has 1 aliphatic rings. The number of halogens is 3. The highest BCUT2D eigenvalue weighted by Crippen LogP contribution is 2.37. The van der Waals surface area contributed by atoms with Gasteiger partial charge in [-0.25, -0.2) is 0 Å². The Kier molecular flexibility index (Phi) is 5.41. The average molecular weight is 387 g/mol. The molecule has 1 amide bonds. The molecule has 3 rings (SSSR count). The molecule has 1 atom stereocenters. The van der Waals surface area contributed by atoms with Gasteiger partial charge in [0.15, 0.2) is 0 Å². The minimum atomic E-state index is -4.57. The lowest BCUT2D eigenvalue weighted by Crippen LogP contribution is -2.28. The van der Waals surface area contributed by atoms with Crippen molar-refractivity contribution < 1.29 is 27.9 Å². The maximum Gasteiger partial charge on any atom is 0.417 e. The van der Waals surface area contributed by atoms with Gasteiger partial charge in [0.05, 0.1) is 11.5 Å². The molecule has 0 radical (unpaired) electrons. The molecule has 2 aromatic rings. The number of rotatable bonds is 2. The molecule has 0 spiro atoms. The zero-order valence-electron chi connectivity index (χ0n) is 14.7. The molecule has 1 heterocycles. The minimum Gasteiger partial charge on any atom is -0.481 e. The third-order valence-electron chi connectivity index (χ3n) is 4.55. The Morgan fingerprint density at radius 1 is 1.11 bits per heavy atom. The van der Waals surface area contributed by atoms with Crippen LogP contribution in [0.1, 0.15) is 17.5 Å². The van der Waals surface area contributed by atoms with Gasteiger partial charge in [-0.1, -0.05) is 42.3 Å². The standard InChI is InChI=1S/C21H16F3NO3/c22-21(23,24)18-12-14(6-8-17(18)15-4-2-1-3-5-15)7-9-19(26)25-11-10-16(13-25)20(27)28/h1-6,8,12,16H,10-11,13H2,(H,27,28). The predicted octanol–water partition coefficient (Wildman–Crippen LogP) is 3.66. The summed E-state index contributed by atoms with van der Waals surface area (Å²) in [6, 6.07) is 11.9. The smallest absolute Gasteiger partial charge is 0.417 e. The molecule has 4 nitrogen and oxygen atoms in total. The molecule has 1 aliphatic heterocycles. The van der Waals surface area contributed by atoms with Crippen LogP contribution >= 0.6 is 0 Å². The van der Waals surface area contributed by atoms with E-state index in [0.717, 1.165) is 6.07 Å². The highest BCUT2D eigenvalue weighted by atomic mass is 19.4. The molecule has 1 saturated heterocycles. The third kappa shape index (κ3) is 4.34. The second kappa shape index (κ2) is 7.77. The van der Waals surface area contributed by atoms with Gasteiger partial charge >= 0.3 is 12.1 Å². The average Bonchev–Trinajstić information content (AvgIpc) is 3.16. The van der Waals surface area contributed by atoms with Gasteiger partial charge in [-0.2, -0.15) is 13.2 Å². The number of benzene rings is 2. The molecule has 0 saturated carbocycles. The minimum absolute atomic E-state index is 0.0359. The van der Waals surface area contributed by atoms with Gasteiger partial charge in [-0.15, -0.1) is 0 Å². The summed E-state index contributed by atoms with van der Waals surface area (Å²) in [5.74, 6) is 2.58. The third-order valence-corrected chi connectivity index (χ3v) is 4.55. The van der Waals surface area contributed by atoms with Crippen molar-refractivity contribution in [2.24, 2.45) is 5.92 Å². The van der Waals surface area contributed by atoms with Crippen molar-refractivity contribution in [3.8, 4) is 23.0 Å². The van der Waals surface area contributed by atoms with Crippen LogP contribution in [0.3, 0.4) is 0 Å². The fraction of sp³-hybridized carbons (Fsp3) is 0.238. The van der Waals surface area contributed by atoms with E-state index in [9.17, 15) is 22.8 Å². The number of hydrogen-bond acceptors (Lipinski definition) is 2. The number of carbonyl (C=O) groups excluding carboxylic acids is 1. The lowest BCUT2D eigenvalue weighted by Gasteiger charge is -2.13. The van der Waals surface area contributed by atoms with E-state index in [-0.39, 0.29) is 24.2 Å². The summed E-state index contributed by atoms with van der Waals surface area (Å²) in [6.45, 7) is 0.328. The quantitative estimate of drug-likeness (QED) is 0.801. The number of hydrogen-bond donors (Lipinski definition) is 1. The lowest BCUT2D eigenvalue weighted by atomic mass is 9.97. The molecular weight excluding hydrogens is 371 g/mol. The SMILES string of the molecule is O=C(O)C1CCN(C(=O)C#Cc2ccc(-c3ccccc3)c(C(F)(F)F)c2)C1. The first-order chi connectivity index (χ1) is 13.3. The van der Waals surface area contributed by atoms with E-state index >= 15 is 0 Å². The Labute approximate surface area is 159 Å². The number of carboxylic acid groups (broad SMARTS) is 1. The summed E-state index contributed by atoms with van der Waals surface area (Å²) in [6.07, 6.45) is -4.23. The normalized spacial score (nSPS) is 16.4. The van der Waals surface area contributed by atoms with Crippen LogP contribution in [0.5, 0.6) is 0 Å². The fourth-order valence-electron chi connectivity index (χ4n) is 3.08. The molecule has 1 unspecified atom stereocenters. The summed E-state index contributed by atoms with van der Waals surface area (Å²) in [5, 5.41) is 8.97. The Morgan fingerprint density at radius 3 is 2.43 bits per heavy atom. The first-order valence-electron chi connectivity index (χ1n) is 8.56. The molecule has 1 N–H and O–H groups in total. The van der Waals surface area contributed by atoms with E-state index < -0.39 is 29.5 Å². The van der Waals surface area contributed by atoms with Crippen molar-refractivity contribution >= 4 is 11.9 Å². The predicted molar refractivity (Wildman–Crippen MR) is 96.1 cm³/mol. The van der Waals surface area contributed by atoms with Gasteiger partial charge in [0.25, 0.3) is 5.91 Å². The van der Waals surface area contributed by atoms with Crippen molar-refractivity contribution in [3.63, 3.8) is 0 Å². The molecule has 0 aliphatic carbocycles. The van der Waals surface area contributed by atoms with Crippen molar-refractivity contribution in [2.45, 2.75) is 12.6 Å². The first-order valence-corrected chi connectivity index (χ1v) is 8.56. The number of alkyl halides is 3. The molecular formula is C21H16F3NO3. The van der Waals surface area contributed by atoms with Crippen LogP contribution < -0.4 is 0 Å². The number of aliphatic carboxylic acids is 1. The van der Waals surface area contributed by atoms with E-state index in [0.29, 0.717) is 12.0 Å². The highest BCUT2D eigenvalue weighted by Gasteiger charge is 2.34. The summed E-state index contributed by atoms with van der Waals surface area (Å²) in [5.41, 5.74) is -0.296. The van der Waals surface area contributed by atoms with Crippen LogP contribution in [0.25, 0.3) is 11.1 Å². The number of nitrogens with zero attached hydrogens (tertiary/aromatic N) is 1. The van der Waals surface area contributed by atoms with Crippen LogP contribution in [0.4, 0.5) is 13.2 Å². The van der Waals surface area contributed by atoms with Gasteiger partial charge in [0.2, 0.25) is 0 Å². The number of likely N-dealkylation sites (tertiary alicyclic amines) is 1. The first kappa shape index (κ1) is 19.5. The van der Waals surface area contributed by atoms with Gasteiger partial charge in [0.1, 0.15) is 0 Å². The Balaban J connectivity index is 1.86. The van der Waals surface area contributed by atoms with Gasteiger partial charge < -0.3 is 10.0 Å². The molecule has 2 aromatic carbocycles. The molecule has 144 valence electrons. The van der Waals surface area contributed by atoms with E-state index in [4.69, 9.17) is 5.11 Å². The summed E-state index contributed by atoms with van der Waals surface area (Å²) < 4.78 is 40.5. The van der Waals surface area contributed by atoms with Crippen molar-refractivity contribution in [1.29, 1.82) is 0 Å². The van der Waals surface area contributed by atoms with Gasteiger partial charge in [-0.05, 0) is 29.7 Å². The molecule has 7 heteroatoms. The van der Waals surface area contributed by atoms with Gasteiger partial charge in [0, 0.05) is 24.6 Å². The molecule has 0 aromatic heterocycles. The molecule has 0 bridgehead atoms. The summed E-state index contributed by atoms with van der Waals surface area (Å²) in [4.78, 5) is 24.3. The number of carbonyl (C=O) groups is 2. The van der Waals surface area contributed by atoms with Crippen LogP contribution in [0.15, 0.2) is 48.5 Å². The fourth-order valence-corrected chi connectivity index (χ4v) is 3.08. The largest absolute Gasteiger partial charge is 0.481 e. The van der Waals surface area contributed by atoms with Crippen LogP contribution in [0, 0.1) is 17.8 Å². The van der Waals surface area contributed by atoms with E-state index in [1.165, 1.54) is 17.0 Å². The Morgan fingerprint density at radius 2 is 1.82 bits per heavy atom. The number of carboxylic acids is 1. The van der Waals surface area contributed by atoms with E-state index in [2.05, 4.69) is 11.8 Å². The zero-order chi connectivity index (χ0) is 20.3. The highest BCUT2D eigenvalue weighted by molar-refractivity contribution is 5.94. The summed E-state index contributed by atoms with van der Waals surface area (Å²) in [7, 11) is 0. The summed E-state index contributed by atoms with van der Waals surface area (Å²) >= 11 is 0. The Hall–Kier alpha value is -3.27. The second-order valence-electron chi connectivity index (χ2n) is 6.45. The van der Waals surface area contributed by atoms with Crippen molar-refractivity contribution in [3.05, 3.63) is 59.7 Å². The number of amides is 1. The van der Waals surface area contributed by atoms with Crippen LogP contribution in [-0.4, -0.2) is 35.0 Å². The van der Waals surface area contributed by atoms with Crippen molar-refractivity contribution in [1.82, 2.24) is 4.90 Å². The molecule has 1 fully saturated rings. The monoisotopic (exact) mass is 387 g/mol. The van der Waals surface area contributed by atoms with Gasteiger partial charge in [-0.3, -0.25) is 9.59 Å². The van der Waals surface area contributed by atoms with Crippen LogP contribution in [0.2, 0.25) is 0 Å². The topological polar surface area (TPSA) is 57.6 Å². The second-order valence-corrected chi connectivity index (χ2v) is 6.45. The van der Waals surface area contributed by atoms with Crippen molar-refractivity contribution in [2.75, 3.05) is 13.1 Å². The van der Waals surface area contributed by atoms with E-state index in [1.54, 1.807) is 30.3 Å². The maximum atomic E-state index is 13.5. The Bertz CT molecular complexity index is 958. The molecule has 28 heavy (non-hydrogen) atoms. The lowest BCUT2D eigenvalue weighted by molar-refractivity contribution is -0.141. The zero-order valence-corrected chi connectivity index (χ0v) is 14.7. The van der Waals surface area contributed by atoms with Crippen LogP contribution in [-0.2, 0) is 15.8 Å². The van der Waals surface area contributed by atoms with E-state index in [1.807, 2.05) is 0 Å².